The van der Waals surface area contributed by atoms with E-state index >= 15 is 0 Å². The quantitative estimate of drug-likeness (QED) is 0.923. The maximum atomic E-state index is 12.2. The second kappa shape index (κ2) is 6.73. The summed E-state index contributed by atoms with van der Waals surface area (Å²) in [5.74, 6) is 0.242. The molecule has 2 aromatic heterocycles. The second-order valence-corrected chi connectivity index (χ2v) is 6.01. The third-order valence-electron chi connectivity index (χ3n) is 3.67. The Morgan fingerprint density at radius 1 is 1.23 bits per heavy atom. The van der Waals surface area contributed by atoms with Crippen LogP contribution in [0.3, 0.4) is 0 Å². The molecule has 0 radical (unpaired) electrons. The topological polar surface area (TPSA) is 59.8 Å². The Bertz CT molecular complexity index is 675. The van der Waals surface area contributed by atoms with Gasteiger partial charge in [0.05, 0.1) is 17.0 Å². The van der Waals surface area contributed by atoms with E-state index in [1.807, 2.05) is 44.5 Å². The molecule has 0 saturated carbocycles. The number of nitrogens with one attached hydrogen (secondary N) is 1. The Balaban J connectivity index is 1.91. The van der Waals surface area contributed by atoms with Crippen LogP contribution in [0, 0.1) is 33.6 Å². The van der Waals surface area contributed by atoms with Crippen LogP contribution in [0.5, 0.6) is 0 Å². The number of hydrogen-bond donors (Lipinski definition) is 1. The Kier molecular flexibility index (Phi) is 4.96. The normalized spacial score (nSPS) is 12.2. The molecule has 5 heteroatoms. The van der Waals surface area contributed by atoms with Crippen LogP contribution in [0.4, 0.5) is 0 Å². The third-order valence-corrected chi connectivity index (χ3v) is 3.67. The summed E-state index contributed by atoms with van der Waals surface area (Å²) in [6, 6.07) is 5.76. The van der Waals surface area contributed by atoms with E-state index in [2.05, 4.69) is 28.4 Å². The summed E-state index contributed by atoms with van der Waals surface area (Å²) >= 11 is 0. The molecule has 2 rings (SSSR count). The summed E-state index contributed by atoms with van der Waals surface area (Å²) in [7, 11) is 0. The summed E-state index contributed by atoms with van der Waals surface area (Å²) in [4.78, 5) is 16.6. The molecule has 0 saturated heterocycles. The van der Waals surface area contributed by atoms with E-state index in [1.165, 1.54) is 0 Å². The number of amides is 1. The molecule has 0 aromatic carbocycles. The lowest BCUT2D eigenvalue weighted by molar-refractivity contribution is 0.0945. The molecule has 1 amide bonds. The first-order valence-electron chi connectivity index (χ1n) is 7.60. The van der Waals surface area contributed by atoms with E-state index in [1.54, 1.807) is 0 Å². The molecular weight excluding hydrogens is 276 g/mol. The number of aryl methyl sites for hydroxylation is 4. The minimum atomic E-state index is -0.0646. The highest BCUT2D eigenvalue weighted by molar-refractivity contribution is 5.95. The van der Waals surface area contributed by atoms with Crippen LogP contribution in [0.2, 0.25) is 0 Å². The highest BCUT2D eigenvalue weighted by Gasteiger charge is 2.12. The van der Waals surface area contributed by atoms with Crippen molar-refractivity contribution in [3.05, 3.63) is 46.5 Å². The molecule has 22 heavy (non-hydrogen) atoms. The van der Waals surface area contributed by atoms with Crippen molar-refractivity contribution in [2.75, 3.05) is 6.54 Å². The monoisotopic (exact) mass is 300 g/mol. The minimum absolute atomic E-state index is 0.0646. The van der Waals surface area contributed by atoms with Gasteiger partial charge < -0.3 is 5.32 Å². The largest absolute Gasteiger partial charge is 0.352 e. The molecule has 118 valence electrons. The van der Waals surface area contributed by atoms with Gasteiger partial charge >= 0.3 is 0 Å². The smallest absolute Gasteiger partial charge is 0.253 e. The molecule has 0 aliphatic rings. The number of hydrogen-bond acceptors (Lipinski definition) is 3. The van der Waals surface area contributed by atoms with Crippen LogP contribution in [0.25, 0.3) is 0 Å². The predicted octanol–water partition coefficient (Wildman–Crippen LogP) is 2.58. The van der Waals surface area contributed by atoms with Gasteiger partial charge in [0.15, 0.2) is 0 Å². The average Bonchev–Trinajstić information content (AvgIpc) is 2.74. The second-order valence-electron chi connectivity index (χ2n) is 6.01. The van der Waals surface area contributed by atoms with Gasteiger partial charge in [-0.3, -0.25) is 14.5 Å². The van der Waals surface area contributed by atoms with Crippen molar-refractivity contribution in [2.24, 2.45) is 5.92 Å². The number of rotatable bonds is 5. The number of nitrogens with zero attached hydrogens (tertiary/aromatic N) is 3. The Morgan fingerprint density at radius 3 is 2.55 bits per heavy atom. The van der Waals surface area contributed by atoms with Crippen molar-refractivity contribution in [3.63, 3.8) is 0 Å². The Hall–Kier alpha value is -2.17. The van der Waals surface area contributed by atoms with E-state index < -0.39 is 0 Å². The van der Waals surface area contributed by atoms with E-state index in [9.17, 15) is 4.79 Å². The lowest BCUT2D eigenvalue weighted by Gasteiger charge is -2.14. The zero-order chi connectivity index (χ0) is 16.3. The van der Waals surface area contributed by atoms with Crippen molar-refractivity contribution in [2.45, 2.75) is 41.2 Å². The third kappa shape index (κ3) is 3.93. The molecule has 0 bridgehead atoms. The minimum Gasteiger partial charge on any atom is -0.352 e. The summed E-state index contributed by atoms with van der Waals surface area (Å²) in [5.41, 5.74) is 4.50. The zero-order valence-corrected chi connectivity index (χ0v) is 14.0. The number of pyridine rings is 1. The lowest BCUT2D eigenvalue weighted by Crippen LogP contribution is -2.31. The molecule has 1 atom stereocenters. The number of carbonyl (C=O) groups is 1. The van der Waals surface area contributed by atoms with Gasteiger partial charge in [0.25, 0.3) is 5.91 Å². The Labute approximate surface area is 131 Å². The van der Waals surface area contributed by atoms with E-state index in [0.29, 0.717) is 18.0 Å². The highest BCUT2D eigenvalue weighted by atomic mass is 16.1. The van der Waals surface area contributed by atoms with Gasteiger partial charge in [-0.15, -0.1) is 0 Å². The molecule has 5 nitrogen and oxygen atoms in total. The van der Waals surface area contributed by atoms with Gasteiger partial charge in [0, 0.05) is 24.5 Å². The first kappa shape index (κ1) is 16.2. The Morgan fingerprint density at radius 2 is 1.95 bits per heavy atom. The van der Waals surface area contributed by atoms with Gasteiger partial charge in [-0.05, 0) is 51.8 Å². The maximum Gasteiger partial charge on any atom is 0.253 e. The van der Waals surface area contributed by atoms with Gasteiger partial charge in [-0.1, -0.05) is 6.92 Å². The summed E-state index contributed by atoms with van der Waals surface area (Å²) in [6.45, 7) is 11.3. The van der Waals surface area contributed by atoms with E-state index in [4.69, 9.17) is 0 Å². The van der Waals surface area contributed by atoms with Crippen molar-refractivity contribution < 1.29 is 4.79 Å². The molecule has 1 N–H and O–H groups in total. The van der Waals surface area contributed by atoms with Crippen LogP contribution in [0.1, 0.15) is 40.1 Å². The fourth-order valence-corrected chi connectivity index (χ4v) is 2.51. The van der Waals surface area contributed by atoms with Crippen molar-refractivity contribution in [1.82, 2.24) is 20.1 Å². The number of carbonyl (C=O) groups excluding carboxylic acids is 1. The van der Waals surface area contributed by atoms with Crippen molar-refractivity contribution in [3.8, 4) is 0 Å². The molecule has 0 aliphatic heterocycles. The van der Waals surface area contributed by atoms with Crippen LogP contribution in [0.15, 0.2) is 18.2 Å². The lowest BCUT2D eigenvalue weighted by atomic mass is 10.1. The molecule has 0 fully saturated rings. The van der Waals surface area contributed by atoms with Gasteiger partial charge in [-0.2, -0.15) is 5.10 Å². The van der Waals surface area contributed by atoms with Crippen LogP contribution < -0.4 is 5.32 Å². The van der Waals surface area contributed by atoms with Gasteiger partial charge in [0.2, 0.25) is 0 Å². The summed E-state index contributed by atoms with van der Waals surface area (Å²) in [6.07, 6.45) is 0. The predicted molar refractivity (Wildman–Crippen MR) is 86.9 cm³/mol. The SMILES string of the molecule is Cc1ccc(C(=O)NC[C@H](C)Cn2nc(C)cc2C)c(C)n1. The van der Waals surface area contributed by atoms with Crippen LogP contribution in [-0.2, 0) is 6.54 Å². The summed E-state index contributed by atoms with van der Waals surface area (Å²) in [5, 5.41) is 7.44. The summed E-state index contributed by atoms with van der Waals surface area (Å²) < 4.78 is 1.99. The van der Waals surface area contributed by atoms with Crippen LogP contribution in [-0.4, -0.2) is 27.2 Å². The first-order valence-corrected chi connectivity index (χ1v) is 7.60. The molecule has 0 aliphatic carbocycles. The van der Waals surface area contributed by atoms with Crippen molar-refractivity contribution >= 4 is 5.91 Å². The fourth-order valence-electron chi connectivity index (χ4n) is 2.51. The molecule has 0 spiro atoms. The highest BCUT2D eigenvalue weighted by Crippen LogP contribution is 2.08. The average molecular weight is 300 g/mol. The fraction of sp³-hybridized carbons (Fsp3) is 0.471. The first-order chi connectivity index (χ1) is 10.4. The van der Waals surface area contributed by atoms with Gasteiger partial charge in [0.1, 0.15) is 0 Å². The molecular formula is C17H24N4O. The van der Waals surface area contributed by atoms with E-state index in [-0.39, 0.29) is 5.91 Å². The molecule has 2 heterocycles. The van der Waals surface area contributed by atoms with E-state index in [0.717, 1.165) is 29.3 Å². The number of aromatic nitrogens is 3. The van der Waals surface area contributed by atoms with Crippen LogP contribution >= 0.6 is 0 Å². The standard InChI is InChI=1S/C17H24N4O/c1-11(10-21-14(4)8-13(3)20-21)9-18-17(22)16-7-6-12(2)19-15(16)5/h6-8,11H,9-10H2,1-5H3,(H,18,22)/t11-/m0/s1. The van der Waals surface area contributed by atoms with Crippen molar-refractivity contribution in [1.29, 1.82) is 0 Å². The molecule has 0 unspecified atom stereocenters. The zero-order valence-electron chi connectivity index (χ0n) is 14.0. The molecule has 2 aromatic rings. The van der Waals surface area contributed by atoms with Gasteiger partial charge in [-0.25, -0.2) is 0 Å². The maximum absolute atomic E-state index is 12.2.